The van der Waals surface area contributed by atoms with Crippen molar-refractivity contribution in [2.45, 2.75) is 18.4 Å². The molecule has 1 aliphatic heterocycles. The van der Waals surface area contributed by atoms with E-state index in [0.717, 1.165) is 11.1 Å². The van der Waals surface area contributed by atoms with Crippen molar-refractivity contribution >= 4 is 10.0 Å². The van der Waals surface area contributed by atoms with E-state index in [2.05, 4.69) is 9.88 Å². The molecule has 7 heteroatoms. The Balaban J connectivity index is 1.64. The van der Waals surface area contributed by atoms with Gasteiger partial charge in [0.15, 0.2) is 0 Å². The minimum Gasteiger partial charge on any atom is -0.329 e. The summed E-state index contributed by atoms with van der Waals surface area (Å²) in [6.07, 6.45) is 1.71. The van der Waals surface area contributed by atoms with Crippen LogP contribution < -0.4 is 5.56 Å². The predicted octanol–water partition coefficient (Wildman–Crippen LogP) is 1.19. The highest BCUT2D eigenvalue weighted by Gasteiger charge is 2.28. The lowest BCUT2D eigenvalue weighted by Crippen LogP contribution is -2.48. The van der Waals surface area contributed by atoms with Crippen LogP contribution in [-0.4, -0.2) is 48.8 Å². The number of aryl methyl sites for hydroxylation is 1. The van der Waals surface area contributed by atoms with Crippen molar-refractivity contribution in [3.05, 3.63) is 64.1 Å². The molecule has 0 unspecified atom stereocenters. The quantitative estimate of drug-likeness (QED) is 0.902. The van der Waals surface area contributed by atoms with Crippen LogP contribution in [-0.2, 0) is 16.6 Å². The number of sulfonamides is 1. The fourth-order valence-corrected chi connectivity index (χ4v) is 4.38. The summed E-state index contributed by atoms with van der Waals surface area (Å²) >= 11 is 0. The smallest absolute Gasteiger partial charge is 0.247 e. The zero-order chi connectivity index (χ0) is 17.2. The van der Waals surface area contributed by atoms with Gasteiger partial charge in [-0.3, -0.25) is 9.69 Å². The Bertz CT molecular complexity index is 848. The molecule has 0 bridgehead atoms. The molecule has 1 aliphatic rings. The number of hydrogen-bond acceptors (Lipinski definition) is 4. The molecule has 0 spiro atoms. The molecule has 1 N–H and O–H groups in total. The first-order chi connectivity index (χ1) is 11.4. The Labute approximate surface area is 141 Å². The SMILES string of the molecule is Cc1cccc(S(=O)(=O)N2CCN(Cc3ccc(=O)[nH]c3)CC2)c1. The summed E-state index contributed by atoms with van der Waals surface area (Å²) in [6.45, 7) is 4.88. The Morgan fingerprint density at radius 1 is 1.08 bits per heavy atom. The summed E-state index contributed by atoms with van der Waals surface area (Å²) in [5.74, 6) is 0. The third-order valence-electron chi connectivity index (χ3n) is 4.21. The van der Waals surface area contributed by atoms with Crippen LogP contribution in [0.1, 0.15) is 11.1 Å². The Morgan fingerprint density at radius 3 is 2.46 bits per heavy atom. The van der Waals surface area contributed by atoms with Crippen LogP contribution in [0.25, 0.3) is 0 Å². The number of rotatable bonds is 4. The fourth-order valence-electron chi connectivity index (χ4n) is 2.85. The average molecular weight is 347 g/mol. The molecular weight excluding hydrogens is 326 g/mol. The Morgan fingerprint density at radius 2 is 1.83 bits per heavy atom. The molecule has 6 nitrogen and oxygen atoms in total. The summed E-state index contributed by atoms with van der Waals surface area (Å²) in [7, 11) is -3.43. The van der Waals surface area contributed by atoms with Crippen LogP contribution in [0.4, 0.5) is 0 Å². The number of pyridine rings is 1. The third-order valence-corrected chi connectivity index (χ3v) is 6.11. The summed E-state index contributed by atoms with van der Waals surface area (Å²) in [5, 5.41) is 0. The van der Waals surface area contributed by atoms with Gasteiger partial charge in [-0.1, -0.05) is 18.2 Å². The molecule has 1 saturated heterocycles. The maximum atomic E-state index is 12.7. The molecule has 1 aromatic heterocycles. The van der Waals surface area contributed by atoms with E-state index in [1.165, 1.54) is 6.07 Å². The summed E-state index contributed by atoms with van der Waals surface area (Å²) in [6, 6.07) is 10.3. The van der Waals surface area contributed by atoms with Crippen LogP contribution in [0.5, 0.6) is 0 Å². The van der Waals surface area contributed by atoms with E-state index < -0.39 is 10.0 Å². The van der Waals surface area contributed by atoms with E-state index in [9.17, 15) is 13.2 Å². The molecule has 0 aliphatic carbocycles. The van der Waals surface area contributed by atoms with Gasteiger partial charge in [-0.2, -0.15) is 4.31 Å². The first kappa shape index (κ1) is 16.9. The van der Waals surface area contributed by atoms with Crippen LogP contribution in [0, 0.1) is 6.92 Å². The number of benzene rings is 1. The van der Waals surface area contributed by atoms with Gasteiger partial charge in [-0.05, 0) is 30.2 Å². The third kappa shape index (κ3) is 3.75. The Kier molecular flexibility index (Phi) is 4.84. The number of hydrogen-bond donors (Lipinski definition) is 1. The van der Waals surface area contributed by atoms with Gasteiger partial charge >= 0.3 is 0 Å². The molecule has 3 rings (SSSR count). The Hall–Kier alpha value is -1.96. The van der Waals surface area contributed by atoms with Crippen molar-refractivity contribution in [1.82, 2.24) is 14.2 Å². The second-order valence-corrected chi connectivity index (χ2v) is 8.00. The van der Waals surface area contributed by atoms with E-state index in [-0.39, 0.29) is 5.56 Å². The molecule has 0 amide bonds. The summed E-state index contributed by atoms with van der Waals surface area (Å²) in [5.41, 5.74) is 1.84. The predicted molar refractivity (Wildman–Crippen MR) is 92.3 cm³/mol. The number of nitrogens with zero attached hydrogens (tertiary/aromatic N) is 2. The molecule has 1 fully saturated rings. The van der Waals surface area contributed by atoms with Crippen LogP contribution in [0.3, 0.4) is 0 Å². The molecule has 0 atom stereocenters. The zero-order valence-corrected chi connectivity index (χ0v) is 14.4. The first-order valence-electron chi connectivity index (χ1n) is 7.92. The van der Waals surface area contributed by atoms with Crippen molar-refractivity contribution in [3.8, 4) is 0 Å². The van der Waals surface area contributed by atoms with Gasteiger partial charge in [-0.25, -0.2) is 8.42 Å². The van der Waals surface area contributed by atoms with Gasteiger partial charge in [0, 0.05) is 45.0 Å². The van der Waals surface area contributed by atoms with Gasteiger partial charge in [0.05, 0.1) is 4.90 Å². The number of nitrogens with one attached hydrogen (secondary N) is 1. The summed E-state index contributed by atoms with van der Waals surface area (Å²) < 4.78 is 27.0. The minimum absolute atomic E-state index is 0.118. The monoisotopic (exact) mass is 347 g/mol. The van der Waals surface area contributed by atoms with Gasteiger partial charge in [0.2, 0.25) is 15.6 Å². The molecule has 2 heterocycles. The highest BCUT2D eigenvalue weighted by atomic mass is 32.2. The van der Waals surface area contributed by atoms with Crippen molar-refractivity contribution < 1.29 is 8.42 Å². The van der Waals surface area contributed by atoms with Crippen LogP contribution >= 0.6 is 0 Å². The lowest BCUT2D eigenvalue weighted by atomic mass is 10.2. The molecular formula is C17H21N3O3S. The summed E-state index contributed by atoms with van der Waals surface area (Å²) in [4.78, 5) is 16.3. The number of H-pyrrole nitrogens is 1. The maximum absolute atomic E-state index is 12.7. The average Bonchev–Trinajstić information content (AvgIpc) is 2.57. The highest BCUT2D eigenvalue weighted by molar-refractivity contribution is 7.89. The minimum atomic E-state index is -3.43. The van der Waals surface area contributed by atoms with E-state index in [4.69, 9.17) is 0 Å². The second-order valence-electron chi connectivity index (χ2n) is 6.06. The molecule has 24 heavy (non-hydrogen) atoms. The van der Waals surface area contributed by atoms with E-state index in [1.54, 1.807) is 34.8 Å². The maximum Gasteiger partial charge on any atom is 0.247 e. The van der Waals surface area contributed by atoms with E-state index >= 15 is 0 Å². The highest BCUT2D eigenvalue weighted by Crippen LogP contribution is 2.19. The second kappa shape index (κ2) is 6.88. The fraction of sp³-hybridized carbons (Fsp3) is 0.353. The molecule has 0 saturated carbocycles. The zero-order valence-electron chi connectivity index (χ0n) is 13.6. The van der Waals surface area contributed by atoms with Crippen molar-refractivity contribution in [2.75, 3.05) is 26.2 Å². The molecule has 128 valence electrons. The largest absolute Gasteiger partial charge is 0.329 e. The first-order valence-corrected chi connectivity index (χ1v) is 9.36. The standard InChI is InChI=1S/C17H21N3O3S/c1-14-3-2-4-16(11-14)24(22,23)20-9-7-19(8-10-20)13-15-5-6-17(21)18-12-15/h2-6,11-12H,7-10,13H2,1H3,(H,18,21). The van der Waals surface area contributed by atoms with E-state index in [0.29, 0.717) is 37.6 Å². The van der Waals surface area contributed by atoms with Gasteiger partial charge in [0.1, 0.15) is 0 Å². The van der Waals surface area contributed by atoms with Crippen LogP contribution in [0.15, 0.2) is 52.3 Å². The van der Waals surface area contributed by atoms with Gasteiger partial charge in [0.25, 0.3) is 0 Å². The number of aromatic amines is 1. The number of aromatic nitrogens is 1. The van der Waals surface area contributed by atoms with Gasteiger partial charge in [-0.15, -0.1) is 0 Å². The topological polar surface area (TPSA) is 73.5 Å². The lowest BCUT2D eigenvalue weighted by molar-refractivity contribution is 0.181. The normalized spacial score (nSPS) is 17.0. The van der Waals surface area contributed by atoms with Crippen molar-refractivity contribution in [3.63, 3.8) is 0 Å². The van der Waals surface area contributed by atoms with E-state index in [1.807, 2.05) is 13.0 Å². The number of piperazine rings is 1. The van der Waals surface area contributed by atoms with Crippen molar-refractivity contribution in [1.29, 1.82) is 0 Å². The van der Waals surface area contributed by atoms with Gasteiger partial charge < -0.3 is 4.98 Å². The van der Waals surface area contributed by atoms with Crippen molar-refractivity contribution in [2.24, 2.45) is 0 Å². The molecule has 1 aromatic carbocycles. The van der Waals surface area contributed by atoms with Crippen LogP contribution in [0.2, 0.25) is 0 Å². The molecule has 2 aromatic rings. The molecule has 0 radical (unpaired) electrons. The lowest BCUT2D eigenvalue weighted by Gasteiger charge is -2.34.